The van der Waals surface area contributed by atoms with Crippen LogP contribution >= 0.6 is 0 Å². The molecule has 0 radical (unpaired) electrons. The van der Waals surface area contributed by atoms with Gasteiger partial charge in [0.15, 0.2) is 0 Å². The van der Waals surface area contributed by atoms with Gasteiger partial charge in [-0.1, -0.05) is 52.7 Å². The molecule has 7 heteroatoms. The number of hydrogen-bond acceptors (Lipinski definition) is 6. The summed E-state index contributed by atoms with van der Waals surface area (Å²) >= 11 is 0. The Morgan fingerprint density at radius 3 is 2.34 bits per heavy atom. The zero-order valence-electron chi connectivity index (χ0n) is 26.1. The van der Waals surface area contributed by atoms with Gasteiger partial charge in [0.25, 0.3) is 0 Å². The van der Waals surface area contributed by atoms with E-state index in [0.29, 0.717) is 23.3 Å². The highest BCUT2D eigenvalue weighted by molar-refractivity contribution is 5.92. The van der Waals surface area contributed by atoms with Gasteiger partial charge in [-0.2, -0.15) is 0 Å². The predicted molar refractivity (Wildman–Crippen MR) is 152 cm³/mol. The van der Waals surface area contributed by atoms with Gasteiger partial charge in [-0.05, 0) is 92.8 Å². The summed E-state index contributed by atoms with van der Waals surface area (Å²) in [5, 5.41) is 9.07. The molecule has 1 saturated heterocycles. The molecule has 2 heterocycles. The molecule has 9 atom stereocenters. The number of aliphatic carboxylic acids is 1. The average molecular weight is 569 g/mol. The van der Waals surface area contributed by atoms with Crippen LogP contribution < -0.4 is 0 Å². The van der Waals surface area contributed by atoms with E-state index in [2.05, 4.69) is 41.5 Å². The van der Waals surface area contributed by atoms with Crippen molar-refractivity contribution >= 4 is 17.9 Å². The first-order valence-electron chi connectivity index (χ1n) is 15.7. The Labute approximate surface area is 244 Å². The highest BCUT2D eigenvalue weighted by atomic mass is 16.7. The molecule has 2 aliphatic heterocycles. The number of allylic oxidation sites excluding steroid dienone is 2. The molecule has 3 fully saturated rings. The van der Waals surface area contributed by atoms with Crippen LogP contribution in [0.4, 0.5) is 0 Å². The van der Waals surface area contributed by atoms with Crippen molar-refractivity contribution in [3.05, 3.63) is 22.3 Å². The summed E-state index contributed by atoms with van der Waals surface area (Å²) in [7, 11) is 0. The fourth-order valence-corrected chi connectivity index (χ4v) is 11.3. The Kier molecular flexibility index (Phi) is 6.31. The molecule has 0 aromatic carbocycles. The van der Waals surface area contributed by atoms with Gasteiger partial charge in [-0.3, -0.25) is 9.59 Å². The summed E-state index contributed by atoms with van der Waals surface area (Å²) in [6, 6.07) is 0. The van der Waals surface area contributed by atoms with E-state index in [-0.39, 0.29) is 39.8 Å². The van der Waals surface area contributed by atoms with Crippen LogP contribution in [0.15, 0.2) is 22.3 Å². The summed E-state index contributed by atoms with van der Waals surface area (Å²) < 4.78 is 18.7. The Bertz CT molecular complexity index is 1280. The van der Waals surface area contributed by atoms with Gasteiger partial charge in [0.05, 0.1) is 6.10 Å². The largest absolute Gasteiger partial charge is 0.481 e. The monoisotopic (exact) mass is 568 g/mol. The maximum Gasteiger partial charge on any atom is 0.336 e. The van der Waals surface area contributed by atoms with E-state index in [0.717, 1.165) is 56.9 Å². The third kappa shape index (κ3) is 3.75. The second-order valence-corrected chi connectivity index (χ2v) is 15.6. The normalized spacial score (nSPS) is 46.4. The van der Waals surface area contributed by atoms with Gasteiger partial charge < -0.3 is 19.3 Å². The fraction of sp³-hybridized carbons (Fsp3) is 0.794. The molecule has 1 spiro atoms. The molecule has 0 amide bonds. The van der Waals surface area contributed by atoms with Gasteiger partial charge in [0, 0.05) is 23.0 Å². The van der Waals surface area contributed by atoms with Crippen LogP contribution in [0.25, 0.3) is 0 Å². The molecule has 6 rings (SSSR count). The molecule has 0 unspecified atom stereocenters. The van der Waals surface area contributed by atoms with Crippen LogP contribution in [0.2, 0.25) is 0 Å². The standard InChI is InChI=1S/C34H48O7/c1-18-16-34(20(3)19(2)29(38)41-34)40-23-17-33(8)22-9-10-24-30(4,5)25(39-27(37)15-26(35)36)12-13-31(24,6)21(22)11-14-32(33,7)28(18)23/h18,23-25,28H,9-17H2,1-8H3,(H,35,36)/t18-,23-,24+,25-,28+,31-,32-,33+,34+/m1/s1. The third-order valence-corrected chi connectivity index (χ3v) is 13.5. The maximum absolute atomic E-state index is 12.6. The number of carbonyl (C=O) groups is 3. The van der Waals surface area contributed by atoms with Gasteiger partial charge in [-0.15, -0.1) is 0 Å². The van der Waals surface area contributed by atoms with Gasteiger partial charge in [-0.25, -0.2) is 4.79 Å². The molecule has 6 aliphatic rings. The number of esters is 2. The van der Waals surface area contributed by atoms with Crippen LogP contribution in [-0.4, -0.2) is 41.0 Å². The lowest BCUT2D eigenvalue weighted by molar-refractivity contribution is -0.262. The van der Waals surface area contributed by atoms with Gasteiger partial charge in [0.1, 0.15) is 12.5 Å². The second kappa shape index (κ2) is 8.93. The van der Waals surface area contributed by atoms with E-state index in [1.807, 2.05) is 13.8 Å². The van der Waals surface area contributed by atoms with E-state index in [9.17, 15) is 14.4 Å². The second-order valence-electron chi connectivity index (χ2n) is 15.6. The fourth-order valence-electron chi connectivity index (χ4n) is 11.3. The van der Waals surface area contributed by atoms with Crippen molar-refractivity contribution < 1.29 is 33.7 Å². The molecule has 7 nitrogen and oxygen atoms in total. The molecule has 1 N–H and O–H groups in total. The zero-order chi connectivity index (χ0) is 29.9. The summed E-state index contributed by atoms with van der Waals surface area (Å²) in [5.41, 5.74) is 4.77. The summed E-state index contributed by atoms with van der Waals surface area (Å²) in [4.78, 5) is 36.0. The van der Waals surface area contributed by atoms with Crippen LogP contribution in [0.5, 0.6) is 0 Å². The molecule has 0 aromatic rings. The van der Waals surface area contributed by atoms with Crippen molar-refractivity contribution in [2.75, 3.05) is 0 Å². The molecule has 226 valence electrons. The van der Waals surface area contributed by atoms with Crippen molar-refractivity contribution in [2.45, 2.75) is 131 Å². The molecule has 41 heavy (non-hydrogen) atoms. The summed E-state index contributed by atoms with van der Waals surface area (Å²) in [6.07, 6.45) is 6.83. The average Bonchev–Trinajstić information content (AvgIpc) is 3.22. The number of carboxylic acids is 1. The van der Waals surface area contributed by atoms with Crippen LogP contribution in [-0.2, 0) is 28.6 Å². The molecule has 4 aliphatic carbocycles. The van der Waals surface area contributed by atoms with Crippen molar-refractivity contribution in [3.8, 4) is 0 Å². The number of rotatable bonds is 3. The van der Waals surface area contributed by atoms with E-state index < -0.39 is 24.1 Å². The molecular formula is C34H48O7. The minimum Gasteiger partial charge on any atom is -0.481 e. The van der Waals surface area contributed by atoms with Crippen LogP contribution in [0.1, 0.15) is 113 Å². The lowest BCUT2D eigenvalue weighted by atomic mass is 9.43. The number of hydrogen-bond donors (Lipinski definition) is 1. The maximum atomic E-state index is 12.6. The SMILES string of the molecule is CC1=C(C)[C@]2(C[C@@H](C)[C@H]3[C@@H](C[C@@]4(C)C5=C(CC[C@]34C)[C@@]3(C)CC[C@@H](OC(=O)CC(=O)O)C(C)(C)[C@@H]3CC5)O2)OC1=O. The quantitative estimate of drug-likeness (QED) is 0.228. The van der Waals surface area contributed by atoms with Crippen molar-refractivity contribution in [3.63, 3.8) is 0 Å². The van der Waals surface area contributed by atoms with Gasteiger partial charge in [0.2, 0.25) is 5.79 Å². The first-order chi connectivity index (χ1) is 19.0. The highest BCUT2D eigenvalue weighted by Crippen LogP contribution is 2.74. The van der Waals surface area contributed by atoms with E-state index in [1.165, 1.54) is 0 Å². The Morgan fingerprint density at radius 2 is 1.71 bits per heavy atom. The number of ether oxygens (including phenoxy) is 3. The smallest absolute Gasteiger partial charge is 0.336 e. The van der Waals surface area contributed by atoms with E-state index >= 15 is 0 Å². The lowest BCUT2D eigenvalue weighted by Gasteiger charge is -2.62. The number of carboxylic acid groups (broad SMARTS) is 1. The van der Waals surface area contributed by atoms with Crippen molar-refractivity contribution in [1.82, 2.24) is 0 Å². The topological polar surface area (TPSA) is 99.1 Å². The predicted octanol–water partition coefficient (Wildman–Crippen LogP) is 6.75. The molecular weight excluding hydrogens is 520 g/mol. The molecule has 0 aromatic heterocycles. The molecule has 0 bridgehead atoms. The van der Waals surface area contributed by atoms with Crippen LogP contribution in [0, 0.1) is 39.4 Å². The zero-order valence-corrected chi connectivity index (χ0v) is 26.1. The Balaban J connectivity index is 1.32. The Hall–Kier alpha value is -2.15. The highest BCUT2D eigenvalue weighted by Gasteiger charge is 2.69. The number of carbonyl (C=O) groups excluding carboxylic acids is 2. The Morgan fingerprint density at radius 1 is 1.00 bits per heavy atom. The van der Waals surface area contributed by atoms with Crippen molar-refractivity contribution in [2.24, 2.45) is 39.4 Å². The van der Waals surface area contributed by atoms with E-state index in [1.54, 1.807) is 11.1 Å². The minimum absolute atomic E-state index is 0.00785. The van der Waals surface area contributed by atoms with Gasteiger partial charge >= 0.3 is 17.9 Å². The third-order valence-electron chi connectivity index (χ3n) is 13.5. The van der Waals surface area contributed by atoms with Crippen LogP contribution in [0.3, 0.4) is 0 Å². The molecule has 2 saturated carbocycles. The first-order valence-corrected chi connectivity index (χ1v) is 15.7. The first kappa shape index (κ1) is 28.9. The summed E-state index contributed by atoms with van der Waals surface area (Å²) in [5.74, 6) is -1.80. The summed E-state index contributed by atoms with van der Waals surface area (Å²) in [6.45, 7) is 18.1. The number of fused-ring (bicyclic) bond motifs is 6. The van der Waals surface area contributed by atoms with E-state index in [4.69, 9.17) is 19.3 Å². The minimum atomic E-state index is -1.15. The lowest BCUT2D eigenvalue weighted by Crippen LogP contribution is -2.56. The van der Waals surface area contributed by atoms with Crippen molar-refractivity contribution in [1.29, 1.82) is 0 Å².